The predicted molar refractivity (Wildman–Crippen MR) is 48.2 cm³/mol. The summed E-state index contributed by atoms with van der Waals surface area (Å²) in [5, 5.41) is 10.5. The van der Waals surface area contributed by atoms with Crippen LogP contribution in [0.4, 0.5) is 5.82 Å². The summed E-state index contributed by atoms with van der Waals surface area (Å²) in [4.78, 5) is 3.94. The highest BCUT2D eigenvalue weighted by molar-refractivity contribution is 6.28. The lowest BCUT2D eigenvalue weighted by molar-refractivity contribution is 0.755. The topological polar surface area (TPSA) is 50.7 Å². The van der Waals surface area contributed by atoms with Crippen LogP contribution in [0.25, 0.3) is 0 Å². The van der Waals surface area contributed by atoms with Crippen LogP contribution >= 0.6 is 11.6 Å². The number of nitrogens with zero attached hydrogens (tertiary/aromatic N) is 3. The van der Waals surface area contributed by atoms with Crippen molar-refractivity contribution in [2.45, 2.75) is 26.3 Å². The van der Waals surface area contributed by atoms with Crippen LogP contribution < -0.4 is 5.32 Å². The molecule has 0 saturated heterocycles. The zero-order valence-corrected chi connectivity index (χ0v) is 7.84. The van der Waals surface area contributed by atoms with Gasteiger partial charge in [-0.3, -0.25) is 0 Å². The van der Waals surface area contributed by atoms with Gasteiger partial charge in [0.2, 0.25) is 5.28 Å². The highest BCUT2D eigenvalue weighted by Gasteiger charge is 2.00. The van der Waals surface area contributed by atoms with Gasteiger partial charge in [-0.15, -0.1) is 5.10 Å². The summed E-state index contributed by atoms with van der Waals surface area (Å²) in [6.45, 7) is 4.16. The van der Waals surface area contributed by atoms with Crippen molar-refractivity contribution in [1.29, 1.82) is 0 Å². The number of hydrogen-bond acceptors (Lipinski definition) is 4. The van der Waals surface area contributed by atoms with Crippen molar-refractivity contribution < 1.29 is 0 Å². The molecule has 1 heterocycles. The normalized spacial score (nSPS) is 12.6. The Bertz CT molecular complexity index is 253. The Labute approximate surface area is 76.4 Å². The SMILES string of the molecule is CCC(C)Nc1cnnc(Cl)n1. The quantitative estimate of drug-likeness (QED) is 0.781. The van der Waals surface area contributed by atoms with E-state index < -0.39 is 0 Å². The van der Waals surface area contributed by atoms with Crippen LogP contribution in [0.3, 0.4) is 0 Å². The van der Waals surface area contributed by atoms with Gasteiger partial charge in [0, 0.05) is 6.04 Å². The first-order chi connectivity index (χ1) is 5.72. The van der Waals surface area contributed by atoms with Gasteiger partial charge < -0.3 is 5.32 Å². The molecule has 0 aliphatic heterocycles. The maximum atomic E-state index is 5.55. The Morgan fingerprint density at radius 2 is 2.42 bits per heavy atom. The Morgan fingerprint density at radius 3 is 3.00 bits per heavy atom. The molecule has 66 valence electrons. The predicted octanol–water partition coefficient (Wildman–Crippen LogP) is 1.74. The average Bonchev–Trinajstić information content (AvgIpc) is 2.04. The zero-order valence-electron chi connectivity index (χ0n) is 7.08. The van der Waals surface area contributed by atoms with Gasteiger partial charge in [0.05, 0.1) is 6.20 Å². The molecule has 1 aromatic rings. The van der Waals surface area contributed by atoms with Crippen LogP contribution in [0, 0.1) is 0 Å². The summed E-state index contributed by atoms with van der Waals surface area (Å²) in [6, 6.07) is 0.373. The third-order valence-corrected chi connectivity index (χ3v) is 1.70. The number of halogens is 1. The van der Waals surface area contributed by atoms with Crippen LogP contribution in [0.5, 0.6) is 0 Å². The molecule has 0 radical (unpaired) electrons. The van der Waals surface area contributed by atoms with Gasteiger partial charge in [-0.05, 0) is 24.9 Å². The first kappa shape index (κ1) is 9.19. The van der Waals surface area contributed by atoms with E-state index in [2.05, 4.69) is 34.3 Å². The minimum atomic E-state index is 0.170. The van der Waals surface area contributed by atoms with E-state index in [4.69, 9.17) is 11.6 Å². The van der Waals surface area contributed by atoms with Gasteiger partial charge >= 0.3 is 0 Å². The first-order valence-electron chi connectivity index (χ1n) is 3.84. The molecule has 0 aliphatic rings. The molecule has 4 nitrogen and oxygen atoms in total. The van der Waals surface area contributed by atoms with Crippen LogP contribution in [0.2, 0.25) is 5.28 Å². The number of nitrogens with one attached hydrogen (secondary N) is 1. The van der Waals surface area contributed by atoms with Crippen molar-refractivity contribution in [3.05, 3.63) is 11.5 Å². The highest BCUT2D eigenvalue weighted by atomic mass is 35.5. The van der Waals surface area contributed by atoms with Crippen molar-refractivity contribution >= 4 is 17.4 Å². The van der Waals surface area contributed by atoms with E-state index in [1.165, 1.54) is 0 Å². The Morgan fingerprint density at radius 1 is 1.67 bits per heavy atom. The summed E-state index contributed by atoms with van der Waals surface area (Å²) < 4.78 is 0. The number of anilines is 1. The van der Waals surface area contributed by atoms with E-state index in [1.807, 2.05) is 0 Å². The van der Waals surface area contributed by atoms with Gasteiger partial charge in [-0.1, -0.05) is 6.92 Å². The van der Waals surface area contributed by atoms with Crippen molar-refractivity contribution in [1.82, 2.24) is 15.2 Å². The monoisotopic (exact) mass is 186 g/mol. The number of rotatable bonds is 3. The minimum absolute atomic E-state index is 0.170. The van der Waals surface area contributed by atoms with E-state index in [-0.39, 0.29) is 5.28 Å². The molecular weight excluding hydrogens is 176 g/mol. The molecule has 0 fully saturated rings. The van der Waals surface area contributed by atoms with Crippen molar-refractivity contribution in [2.24, 2.45) is 0 Å². The molecule has 0 spiro atoms. The molecule has 1 unspecified atom stereocenters. The lowest BCUT2D eigenvalue weighted by atomic mass is 10.3. The van der Waals surface area contributed by atoms with Gasteiger partial charge in [-0.25, -0.2) is 0 Å². The van der Waals surface area contributed by atoms with Crippen LogP contribution in [0.1, 0.15) is 20.3 Å². The van der Waals surface area contributed by atoms with Crippen LogP contribution in [-0.4, -0.2) is 21.2 Å². The first-order valence-corrected chi connectivity index (χ1v) is 4.22. The van der Waals surface area contributed by atoms with E-state index in [0.717, 1.165) is 6.42 Å². The van der Waals surface area contributed by atoms with E-state index in [9.17, 15) is 0 Å². The Hall–Kier alpha value is -0.900. The van der Waals surface area contributed by atoms with Crippen molar-refractivity contribution in [3.63, 3.8) is 0 Å². The maximum Gasteiger partial charge on any atom is 0.244 e. The number of aromatic nitrogens is 3. The van der Waals surface area contributed by atoms with Gasteiger partial charge in [-0.2, -0.15) is 10.1 Å². The molecule has 1 atom stereocenters. The molecule has 0 amide bonds. The molecule has 0 bridgehead atoms. The van der Waals surface area contributed by atoms with Crippen LogP contribution in [-0.2, 0) is 0 Å². The second kappa shape index (κ2) is 4.21. The molecule has 1 rings (SSSR count). The van der Waals surface area contributed by atoms with Gasteiger partial charge in [0.1, 0.15) is 5.82 Å². The largest absolute Gasteiger partial charge is 0.366 e. The van der Waals surface area contributed by atoms with E-state index in [1.54, 1.807) is 6.20 Å². The smallest absolute Gasteiger partial charge is 0.244 e. The van der Waals surface area contributed by atoms with Gasteiger partial charge in [0.15, 0.2) is 0 Å². The standard InChI is InChI=1S/C7H11ClN4/c1-3-5(2)10-6-4-9-12-7(8)11-6/h4-5H,3H2,1-2H3,(H,10,11,12). The second-order valence-corrected chi connectivity index (χ2v) is 2.90. The third-order valence-electron chi connectivity index (χ3n) is 1.54. The molecular formula is C7H11ClN4. The summed E-state index contributed by atoms with van der Waals surface area (Å²) >= 11 is 5.55. The Balaban J connectivity index is 2.63. The molecule has 0 aliphatic carbocycles. The van der Waals surface area contributed by atoms with Crippen molar-refractivity contribution in [2.75, 3.05) is 5.32 Å². The fourth-order valence-corrected chi connectivity index (χ4v) is 0.841. The minimum Gasteiger partial charge on any atom is -0.366 e. The molecule has 0 saturated carbocycles. The van der Waals surface area contributed by atoms with Crippen molar-refractivity contribution in [3.8, 4) is 0 Å². The van der Waals surface area contributed by atoms with Gasteiger partial charge in [0.25, 0.3) is 0 Å². The fourth-order valence-electron chi connectivity index (χ4n) is 0.706. The van der Waals surface area contributed by atoms with E-state index in [0.29, 0.717) is 11.9 Å². The lowest BCUT2D eigenvalue weighted by Gasteiger charge is -2.10. The van der Waals surface area contributed by atoms with E-state index >= 15 is 0 Å². The maximum absolute atomic E-state index is 5.55. The lowest BCUT2D eigenvalue weighted by Crippen LogP contribution is -2.14. The molecule has 5 heteroatoms. The fraction of sp³-hybridized carbons (Fsp3) is 0.571. The molecule has 1 aromatic heterocycles. The zero-order chi connectivity index (χ0) is 8.97. The third kappa shape index (κ3) is 2.62. The average molecular weight is 187 g/mol. The summed E-state index contributed by atoms with van der Waals surface area (Å²) in [7, 11) is 0. The summed E-state index contributed by atoms with van der Waals surface area (Å²) in [5.74, 6) is 0.671. The Kier molecular flexibility index (Phi) is 3.22. The summed E-state index contributed by atoms with van der Waals surface area (Å²) in [6.07, 6.45) is 2.58. The molecule has 0 aromatic carbocycles. The van der Waals surface area contributed by atoms with Crippen LogP contribution in [0.15, 0.2) is 6.20 Å². The molecule has 12 heavy (non-hydrogen) atoms. The highest BCUT2D eigenvalue weighted by Crippen LogP contribution is 2.06. The summed E-state index contributed by atoms with van der Waals surface area (Å²) in [5.41, 5.74) is 0. The molecule has 1 N–H and O–H groups in total. The second-order valence-electron chi connectivity index (χ2n) is 2.56. The number of hydrogen-bond donors (Lipinski definition) is 1.